The summed E-state index contributed by atoms with van der Waals surface area (Å²) < 4.78 is 16.1. The number of carboxylic acids is 1. The van der Waals surface area contributed by atoms with Crippen LogP contribution in [0.5, 0.6) is 11.5 Å². The van der Waals surface area contributed by atoms with Crippen molar-refractivity contribution < 1.29 is 23.8 Å². The van der Waals surface area contributed by atoms with Crippen LogP contribution < -0.4 is 9.47 Å². The van der Waals surface area contributed by atoms with Gasteiger partial charge in [-0.15, -0.1) is 0 Å². The SMILES string of the molecule is COc1ccc(OCc2nc3ccc(C(=O)O)cc3o2)c(C#N)c1. The number of nitrogens with zero attached hydrogens (tertiary/aromatic N) is 2. The van der Waals surface area contributed by atoms with Gasteiger partial charge in [0.1, 0.15) is 23.1 Å². The minimum Gasteiger partial charge on any atom is -0.497 e. The van der Waals surface area contributed by atoms with Gasteiger partial charge >= 0.3 is 5.97 Å². The monoisotopic (exact) mass is 324 g/mol. The predicted molar refractivity (Wildman–Crippen MR) is 83.0 cm³/mol. The Morgan fingerprint density at radius 1 is 1.33 bits per heavy atom. The Hall–Kier alpha value is -3.53. The van der Waals surface area contributed by atoms with Gasteiger partial charge in [0.05, 0.1) is 18.2 Å². The van der Waals surface area contributed by atoms with E-state index in [0.29, 0.717) is 28.2 Å². The van der Waals surface area contributed by atoms with Crippen LogP contribution in [0, 0.1) is 11.3 Å². The molecule has 0 aliphatic heterocycles. The third-order valence-corrected chi connectivity index (χ3v) is 3.34. The lowest BCUT2D eigenvalue weighted by Gasteiger charge is -2.07. The highest BCUT2D eigenvalue weighted by molar-refractivity contribution is 5.91. The number of oxazole rings is 1. The molecule has 7 heteroatoms. The first-order chi connectivity index (χ1) is 11.6. The number of benzene rings is 2. The Morgan fingerprint density at radius 3 is 2.88 bits per heavy atom. The Labute approximate surface area is 136 Å². The molecule has 2 aromatic carbocycles. The molecule has 0 atom stereocenters. The van der Waals surface area contributed by atoms with Gasteiger partial charge in [0.25, 0.3) is 0 Å². The smallest absolute Gasteiger partial charge is 0.335 e. The molecule has 1 aromatic heterocycles. The van der Waals surface area contributed by atoms with Crippen molar-refractivity contribution in [3.8, 4) is 17.6 Å². The fraction of sp³-hybridized carbons (Fsp3) is 0.118. The van der Waals surface area contributed by atoms with Gasteiger partial charge in [0, 0.05) is 6.07 Å². The zero-order valence-corrected chi connectivity index (χ0v) is 12.6. The maximum atomic E-state index is 11.0. The Bertz CT molecular complexity index is 955. The summed E-state index contributed by atoms with van der Waals surface area (Å²) in [6.45, 7) is 0.0120. The molecule has 0 amide bonds. The van der Waals surface area contributed by atoms with Crippen LogP contribution in [0.25, 0.3) is 11.1 Å². The molecule has 0 aliphatic carbocycles. The van der Waals surface area contributed by atoms with Crippen molar-refractivity contribution in [3.05, 3.63) is 53.4 Å². The second-order valence-electron chi connectivity index (χ2n) is 4.86. The van der Waals surface area contributed by atoms with E-state index >= 15 is 0 Å². The maximum Gasteiger partial charge on any atom is 0.335 e. The van der Waals surface area contributed by atoms with Crippen LogP contribution in [0.1, 0.15) is 21.8 Å². The number of carboxylic acid groups (broad SMARTS) is 1. The summed E-state index contributed by atoms with van der Waals surface area (Å²) in [5.41, 5.74) is 1.35. The van der Waals surface area contributed by atoms with Crippen LogP contribution in [0.4, 0.5) is 0 Å². The van der Waals surface area contributed by atoms with Gasteiger partial charge in [-0.3, -0.25) is 0 Å². The van der Waals surface area contributed by atoms with Gasteiger partial charge in [-0.25, -0.2) is 9.78 Å². The normalized spacial score (nSPS) is 10.3. The van der Waals surface area contributed by atoms with Crippen LogP contribution in [0.15, 0.2) is 40.8 Å². The van der Waals surface area contributed by atoms with E-state index in [2.05, 4.69) is 4.98 Å². The molecule has 0 radical (unpaired) electrons. The maximum absolute atomic E-state index is 11.0. The number of carbonyl (C=O) groups is 1. The third kappa shape index (κ3) is 2.98. The summed E-state index contributed by atoms with van der Waals surface area (Å²) in [5.74, 6) is 0.184. The van der Waals surface area contributed by atoms with Gasteiger partial charge in [-0.05, 0) is 30.3 Å². The number of hydrogen-bond acceptors (Lipinski definition) is 6. The molecule has 3 rings (SSSR count). The van der Waals surface area contributed by atoms with E-state index in [1.165, 1.54) is 19.2 Å². The molecule has 0 bridgehead atoms. The van der Waals surface area contributed by atoms with Gasteiger partial charge in [0.2, 0.25) is 5.89 Å². The highest BCUT2D eigenvalue weighted by Gasteiger charge is 2.11. The molecule has 0 fully saturated rings. The first kappa shape index (κ1) is 15.4. The zero-order valence-electron chi connectivity index (χ0n) is 12.6. The summed E-state index contributed by atoms with van der Waals surface area (Å²) in [6, 6.07) is 11.3. The van der Waals surface area contributed by atoms with Crippen LogP contribution in [-0.2, 0) is 6.61 Å². The minimum atomic E-state index is -1.04. The predicted octanol–water partition coefficient (Wildman–Crippen LogP) is 2.99. The van der Waals surface area contributed by atoms with Gasteiger partial charge in [0.15, 0.2) is 12.2 Å². The van der Waals surface area contributed by atoms with Gasteiger partial charge in [-0.2, -0.15) is 5.26 Å². The minimum absolute atomic E-state index is 0.0120. The first-order valence-electron chi connectivity index (χ1n) is 6.94. The van der Waals surface area contributed by atoms with Gasteiger partial charge in [-0.1, -0.05) is 0 Å². The van der Waals surface area contributed by atoms with Crippen LogP contribution >= 0.6 is 0 Å². The number of aromatic nitrogens is 1. The summed E-state index contributed by atoms with van der Waals surface area (Å²) >= 11 is 0. The van der Waals surface area contributed by atoms with Crippen LogP contribution in [0.3, 0.4) is 0 Å². The van der Waals surface area contributed by atoms with Crippen LogP contribution in [0.2, 0.25) is 0 Å². The van der Waals surface area contributed by atoms with E-state index in [1.807, 2.05) is 6.07 Å². The number of rotatable bonds is 5. The number of ether oxygens (including phenoxy) is 2. The van der Waals surface area contributed by atoms with Crippen LogP contribution in [-0.4, -0.2) is 23.2 Å². The molecule has 0 spiro atoms. The molecular formula is C17H12N2O5. The lowest BCUT2D eigenvalue weighted by molar-refractivity contribution is 0.0697. The van der Waals surface area contributed by atoms with Crippen molar-refractivity contribution in [1.29, 1.82) is 5.26 Å². The number of fused-ring (bicyclic) bond motifs is 1. The lowest BCUT2D eigenvalue weighted by Crippen LogP contribution is -1.98. The molecule has 120 valence electrons. The van der Waals surface area contributed by atoms with E-state index in [-0.39, 0.29) is 18.1 Å². The van der Waals surface area contributed by atoms with Crippen molar-refractivity contribution in [1.82, 2.24) is 4.98 Å². The Kier molecular flexibility index (Phi) is 4.03. The first-order valence-corrected chi connectivity index (χ1v) is 6.94. The lowest BCUT2D eigenvalue weighted by atomic mass is 10.2. The molecule has 0 aliphatic rings. The zero-order chi connectivity index (χ0) is 17.1. The van der Waals surface area contributed by atoms with E-state index in [9.17, 15) is 4.79 Å². The molecule has 1 N–H and O–H groups in total. The van der Waals surface area contributed by atoms with E-state index < -0.39 is 5.97 Å². The number of aromatic carboxylic acids is 1. The van der Waals surface area contributed by atoms with Crippen molar-refractivity contribution in [2.24, 2.45) is 0 Å². The fourth-order valence-corrected chi connectivity index (χ4v) is 2.16. The highest BCUT2D eigenvalue weighted by atomic mass is 16.5. The Morgan fingerprint density at radius 2 is 2.17 bits per heavy atom. The fourth-order valence-electron chi connectivity index (χ4n) is 2.16. The summed E-state index contributed by atoms with van der Waals surface area (Å²) in [6.07, 6.45) is 0. The molecule has 7 nitrogen and oxygen atoms in total. The van der Waals surface area contributed by atoms with Crippen molar-refractivity contribution in [3.63, 3.8) is 0 Å². The summed E-state index contributed by atoms with van der Waals surface area (Å²) in [4.78, 5) is 15.2. The molecule has 0 saturated heterocycles. The molecule has 0 unspecified atom stereocenters. The molecule has 1 heterocycles. The summed E-state index contributed by atoms with van der Waals surface area (Å²) in [5, 5.41) is 18.1. The average molecular weight is 324 g/mol. The molecule has 3 aromatic rings. The number of methoxy groups -OCH3 is 1. The largest absolute Gasteiger partial charge is 0.497 e. The number of hydrogen-bond donors (Lipinski definition) is 1. The highest BCUT2D eigenvalue weighted by Crippen LogP contribution is 2.25. The molecule has 0 saturated carbocycles. The Balaban J connectivity index is 1.81. The van der Waals surface area contributed by atoms with E-state index in [4.69, 9.17) is 24.3 Å². The van der Waals surface area contributed by atoms with E-state index in [1.54, 1.807) is 24.3 Å². The molecule has 24 heavy (non-hydrogen) atoms. The quantitative estimate of drug-likeness (QED) is 0.769. The van der Waals surface area contributed by atoms with Crippen molar-refractivity contribution >= 4 is 17.1 Å². The standard InChI is InChI=1S/C17H12N2O5/c1-22-12-3-5-14(11(6-12)8-18)23-9-16-19-13-4-2-10(17(20)21)7-15(13)24-16/h2-7H,9H2,1H3,(H,20,21). The van der Waals surface area contributed by atoms with Crippen molar-refractivity contribution in [2.75, 3.05) is 7.11 Å². The van der Waals surface area contributed by atoms with E-state index in [0.717, 1.165) is 0 Å². The summed E-state index contributed by atoms with van der Waals surface area (Å²) in [7, 11) is 1.51. The van der Waals surface area contributed by atoms with Gasteiger partial charge < -0.3 is 19.0 Å². The molecular weight excluding hydrogens is 312 g/mol. The number of nitriles is 1. The third-order valence-electron chi connectivity index (χ3n) is 3.34. The van der Waals surface area contributed by atoms with Crippen molar-refractivity contribution in [2.45, 2.75) is 6.61 Å². The average Bonchev–Trinajstić information content (AvgIpc) is 3.01. The second-order valence-corrected chi connectivity index (χ2v) is 4.86. The topological polar surface area (TPSA) is 106 Å². The second kappa shape index (κ2) is 6.30.